The first-order valence-corrected chi connectivity index (χ1v) is 14.0. The molecule has 1 heterocycles. The van der Waals surface area contributed by atoms with E-state index in [-0.39, 0.29) is 23.7 Å². The third-order valence-electron chi connectivity index (χ3n) is 5.07. The predicted molar refractivity (Wildman–Crippen MR) is 127 cm³/mol. The van der Waals surface area contributed by atoms with Gasteiger partial charge < -0.3 is 10.4 Å². The lowest BCUT2D eigenvalue weighted by atomic mass is 10.2. The first kappa shape index (κ1) is 30.9. The Bertz CT molecular complexity index is 1270. The van der Waals surface area contributed by atoms with Crippen molar-refractivity contribution in [2.45, 2.75) is 17.6 Å². The van der Waals surface area contributed by atoms with Gasteiger partial charge in [0.2, 0.25) is 20.0 Å². The Morgan fingerprint density at radius 3 is 2.08 bits per heavy atom. The lowest BCUT2D eigenvalue weighted by Gasteiger charge is -2.28. The van der Waals surface area contributed by atoms with Crippen molar-refractivity contribution >= 4 is 37.6 Å². The molecule has 0 aromatic heterocycles. The van der Waals surface area contributed by atoms with Gasteiger partial charge in [0.15, 0.2) is 0 Å². The van der Waals surface area contributed by atoms with Gasteiger partial charge in [0.05, 0.1) is 10.6 Å². The minimum absolute atomic E-state index is 0.101. The maximum atomic E-state index is 13.3. The number of carbonyl (C=O) groups is 1. The van der Waals surface area contributed by atoms with Crippen LogP contribution in [-0.2, 0) is 31.4 Å². The van der Waals surface area contributed by atoms with Crippen LogP contribution in [0.1, 0.15) is 5.56 Å². The Labute approximate surface area is 216 Å². The molecule has 0 spiro atoms. The van der Waals surface area contributed by atoms with Crippen LogP contribution in [0.3, 0.4) is 0 Å². The molecule has 1 saturated heterocycles. The molecule has 2 N–H and O–H groups in total. The Balaban J connectivity index is 0.000000604. The summed E-state index contributed by atoms with van der Waals surface area (Å²) in [5, 5.41) is 10.6. The monoisotopic (exact) mass is 589 g/mol. The molecule has 1 aliphatic heterocycles. The zero-order valence-corrected chi connectivity index (χ0v) is 21.5. The van der Waals surface area contributed by atoms with Crippen LogP contribution >= 0.6 is 11.6 Å². The Morgan fingerprint density at radius 1 is 1.03 bits per heavy atom. The summed E-state index contributed by atoms with van der Waals surface area (Å²) in [6.45, 7) is 1.44. The highest BCUT2D eigenvalue weighted by molar-refractivity contribution is 7.90. The highest BCUT2D eigenvalue weighted by Crippen LogP contribution is 2.23. The molecular weight excluding hydrogens is 566 g/mol. The largest absolute Gasteiger partial charge is 0.490 e. The van der Waals surface area contributed by atoms with Crippen molar-refractivity contribution in [1.29, 1.82) is 0 Å². The van der Waals surface area contributed by atoms with Crippen LogP contribution in [0, 0.1) is 5.82 Å². The number of piperazine rings is 1. The number of sulfonamides is 2. The normalized spacial score (nSPS) is 15.2. The summed E-state index contributed by atoms with van der Waals surface area (Å²) in [4.78, 5) is 8.78. The molecule has 9 nitrogen and oxygen atoms in total. The van der Waals surface area contributed by atoms with Crippen LogP contribution < -0.4 is 5.32 Å². The van der Waals surface area contributed by atoms with Gasteiger partial charge in [-0.25, -0.2) is 26.0 Å². The minimum atomic E-state index is -5.08. The molecule has 0 radical (unpaired) electrons. The summed E-state index contributed by atoms with van der Waals surface area (Å²) < 4.78 is 99.3. The van der Waals surface area contributed by atoms with E-state index >= 15 is 0 Å². The quantitative estimate of drug-likeness (QED) is 0.454. The zero-order valence-electron chi connectivity index (χ0n) is 19.2. The summed E-state index contributed by atoms with van der Waals surface area (Å²) in [7, 11) is -7.71. The summed E-state index contributed by atoms with van der Waals surface area (Å²) in [5.41, 5.74) is 0.546. The van der Waals surface area contributed by atoms with Gasteiger partial charge in [0.25, 0.3) is 0 Å². The summed E-state index contributed by atoms with van der Waals surface area (Å²) in [6.07, 6.45) is -5.08. The number of alkyl halides is 3. The van der Waals surface area contributed by atoms with E-state index in [0.717, 1.165) is 28.6 Å². The second kappa shape index (κ2) is 13.0. The molecule has 3 rings (SSSR count). The van der Waals surface area contributed by atoms with E-state index < -0.39 is 38.0 Å². The fourth-order valence-electron chi connectivity index (χ4n) is 3.13. The van der Waals surface area contributed by atoms with E-state index in [4.69, 9.17) is 21.5 Å². The third-order valence-corrected chi connectivity index (χ3v) is 9.14. The van der Waals surface area contributed by atoms with E-state index in [9.17, 15) is 34.4 Å². The van der Waals surface area contributed by atoms with Crippen molar-refractivity contribution in [1.82, 2.24) is 13.9 Å². The van der Waals surface area contributed by atoms with Crippen molar-refractivity contribution in [3.8, 4) is 0 Å². The number of carboxylic acid groups (broad SMARTS) is 1. The maximum Gasteiger partial charge on any atom is 0.490 e. The predicted octanol–water partition coefficient (Wildman–Crippen LogP) is 2.54. The van der Waals surface area contributed by atoms with Crippen LogP contribution in [0.25, 0.3) is 0 Å². The summed E-state index contributed by atoms with van der Waals surface area (Å²) >= 11 is 6.19. The topological polar surface area (TPSA) is 124 Å². The molecule has 2 aromatic rings. The molecule has 0 amide bonds. The smallest absolute Gasteiger partial charge is 0.475 e. The SMILES string of the molecule is O=C(O)C(F)(F)F.O=S(=O)(CCN(Cc1ccccc1Cl)S(=O)(=O)c1ccc(F)cc1)N1CCNCC1. The molecule has 1 fully saturated rings. The number of nitrogens with zero attached hydrogens (tertiary/aromatic N) is 2. The Hall–Kier alpha value is -2.30. The van der Waals surface area contributed by atoms with Crippen LogP contribution in [0.4, 0.5) is 17.6 Å². The number of hydrogen-bond donors (Lipinski definition) is 2. The van der Waals surface area contributed by atoms with Crippen molar-refractivity contribution in [3.05, 3.63) is 64.9 Å². The van der Waals surface area contributed by atoms with Gasteiger partial charge in [-0.2, -0.15) is 21.8 Å². The van der Waals surface area contributed by atoms with E-state index in [1.807, 2.05) is 0 Å². The minimum Gasteiger partial charge on any atom is -0.475 e. The van der Waals surface area contributed by atoms with Crippen LogP contribution in [-0.4, -0.2) is 81.2 Å². The number of nitrogens with one attached hydrogen (secondary N) is 1. The average Bonchev–Trinajstić information content (AvgIpc) is 2.83. The molecule has 16 heteroatoms. The van der Waals surface area contributed by atoms with Gasteiger partial charge in [-0.3, -0.25) is 0 Å². The van der Waals surface area contributed by atoms with Gasteiger partial charge in [-0.15, -0.1) is 0 Å². The van der Waals surface area contributed by atoms with E-state index in [0.29, 0.717) is 36.8 Å². The molecule has 0 atom stereocenters. The molecule has 1 aliphatic rings. The summed E-state index contributed by atoms with van der Waals surface area (Å²) in [5.74, 6) is -3.68. The van der Waals surface area contributed by atoms with Crippen LogP contribution in [0.2, 0.25) is 5.02 Å². The third kappa shape index (κ3) is 9.19. The van der Waals surface area contributed by atoms with E-state index in [1.165, 1.54) is 4.31 Å². The molecule has 0 aliphatic carbocycles. The lowest BCUT2D eigenvalue weighted by Crippen LogP contribution is -2.48. The van der Waals surface area contributed by atoms with E-state index in [2.05, 4.69) is 5.32 Å². The second-order valence-corrected chi connectivity index (χ2v) is 12.1. The molecule has 0 saturated carbocycles. The fourth-order valence-corrected chi connectivity index (χ4v) is 6.30. The number of halogens is 5. The highest BCUT2D eigenvalue weighted by Gasteiger charge is 2.38. The standard InChI is InChI=1S/C19H23ClFN3O4S2.C2HF3O2/c20-19-4-2-1-3-16(19)15-24(30(27,28)18-7-5-17(21)6-8-18)13-14-29(25,26)23-11-9-22-10-12-23;3-2(4,5)1(6)7/h1-8,22H,9-15H2;(H,6,7). The molecule has 37 heavy (non-hydrogen) atoms. The van der Waals surface area contributed by atoms with E-state index in [1.54, 1.807) is 24.3 Å². The second-order valence-electron chi connectivity index (χ2n) is 7.65. The molecule has 206 valence electrons. The van der Waals surface area contributed by atoms with Gasteiger partial charge in [-0.05, 0) is 35.9 Å². The zero-order chi connectivity index (χ0) is 27.9. The maximum absolute atomic E-state index is 13.3. The summed E-state index contributed by atoms with van der Waals surface area (Å²) in [6, 6.07) is 11.2. The number of rotatable bonds is 8. The fraction of sp³-hybridized carbons (Fsp3) is 0.381. The molecular formula is C21H24ClF4N3O6S2. The first-order valence-electron chi connectivity index (χ1n) is 10.6. The first-order chi connectivity index (χ1) is 17.1. The van der Waals surface area contributed by atoms with Crippen LogP contribution in [0.15, 0.2) is 53.4 Å². The van der Waals surface area contributed by atoms with Gasteiger partial charge >= 0.3 is 12.1 Å². The number of aliphatic carboxylic acids is 1. The molecule has 0 unspecified atom stereocenters. The number of carboxylic acids is 1. The molecule has 2 aromatic carbocycles. The Morgan fingerprint density at radius 2 is 1.57 bits per heavy atom. The van der Waals surface area contributed by atoms with Crippen molar-refractivity contribution in [2.75, 3.05) is 38.5 Å². The van der Waals surface area contributed by atoms with Crippen molar-refractivity contribution in [2.24, 2.45) is 0 Å². The van der Waals surface area contributed by atoms with Gasteiger partial charge in [0, 0.05) is 44.3 Å². The molecule has 0 bridgehead atoms. The average molecular weight is 590 g/mol. The number of benzene rings is 2. The Kier molecular flexibility index (Phi) is 10.8. The highest BCUT2D eigenvalue weighted by atomic mass is 35.5. The van der Waals surface area contributed by atoms with Gasteiger partial charge in [-0.1, -0.05) is 29.8 Å². The van der Waals surface area contributed by atoms with Gasteiger partial charge in [0.1, 0.15) is 5.82 Å². The van der Waals surface area contributed by atoms with Crippen molar-refractivity contribution < 1.29 is 44.3 Å². The lowest BCUT2D eigenvalue weighted by molar-refractivity contribution is -0.192. The van der Waals surface area contributed by atoms with Crippen molar-refractivity contribution in [3.63, 3.8) is 0 Å². The van der Waals surface area contributed by atoms with Crippen LogP contribution in [0.5, 0.6) is 0 Å². The number of hydrogen-bond acceptors (Lipinski definition) is 6.